The van der Waals surface area contributed by atoms with Gasteiger partial charge in [0.2, 0.25) is 0 Å². The summed E-state index contributed by atoms with van der Waals surface area (Å²) in [6.07, 6.45) is 0. The second kappa shape index (κ2) is 7.95. The minimum Gasteiger partial charge on any atom is -0.493 e. The lowest BCUT2D eigenvalue weighted by Crippen LogP contribution is -2.26. The molecule has 0 aliphatic heterocycles. The van der Waals surface area contributed by atoms with Crippen LogP contribution in [0.2, 0.25) is 0 Å². The Morgan fingerprint density at radius 2 is 1.73 bits per heavy atom. The van der Waals surface area contributed by atoms with Gasteiger partial charge in [-0.15, -0.1) is 0 Å². The topological polar surface area (TPSA) is 60.7 Å². The molecule has 0 saturated heterocycles. The van der Waals surface area contributed by atoms with Gasteiger partial charge in [0.1, 0.15) is 11.5 Å². The first kappa shape index (κ1) is 17.9. The molecule has 1 aromatic heterocycles. The zero-order chi connectivity index (χ0) is 18.5. The second-order valence-corrected chi connectivity index (χ2v) is 5.88. The number of ether oxygens (including phenoxy) is 2. The number of rotatable bonds is 7. The van der Waals surface area contributed by atoms with Crippen LogP contribution in [0.5, 0.6) is 11.5 Å². The molecule has 136 valence electrons. The van der Waals surface area contributed by atoms with Crippen LogP contribution in [0.15, 0.2) is 52.9 Å². The highest BCUT2D eigenvalue weighted by Gasteiger charge is 2.19. The van der Waals surface area contributed by atoms with Crippen LogP contribution < -0.4 is 14.8 Å². The third-order valence-electron chi connectivity index (χ3n) is 4.03. The maximum atomic E-state index is 12.7. The Morgan fingerprint density at radius 3 is 2.50 bits per heavy atom. The lowest BCUT2D eigenvalue weighted by Gasteiger charge is -2.14. The number of benzene rings is 2. The largest absolute Gasteiger partial charge is 0.493 e. The Morgan fingerprint density at radius 1 is 1.04 bits per heavy atom. The first-order chi connectivity index (χ1) is 12.6. The average molecular weight is 353 g/mol. The summed E-state index contributed by atoms with van der Waals surface area (Å²) in [5.74, 6) is 1.75. The van der Waals surface area contributed by atoms with Gasteiger partial charge in [-0.05, 0) is 45.0 Å². The Bertz CT molecular complexity index is 900. The minimum atomic E-state index is -0.293. The van der Waals surface area contributed by atoms with Crippen LogP contribution in [-0.2, 0) is 0 Å². The van der Waals surface area contributed by atoms with Crippen molar-refractivity contribution in [2.75, 3.05) is 13.2 Å². The molecular formula is C21H23NO4. The molecule has 1 atom stereocenters. The van der Waals surface area contributed by atoms with Gasteiger partial charge in [-0.3, -0.25) is 4.79 Å². The summed E-state index contributed by atoms with van der Waals surface area (Å²) in [5, 5.41) is 3.92. The van der Waals surface area contributed by atoms with Crippen LogP contribution in [0.3, 0.4) is 0 Å². The Labute approximate surface area is 152 Å². The summed E-state index contributed by atoms with van der Waals surface area (Å²) in [7, 11) is 0. The van der Waals surface area contributed by atoms with E-state index in [0.717, 1.165) is 5.39 Å². The zero-order valence-corrected chi connectivity index (χ0v) is 15.2. The van der Waals surface area contributed by atoms with E-state index in [9.17, 15) is 4.79 Å². The van der Waals surface area contributed by atoms with Gasteiger partial charge >= 0.3 is 0 Å². The Hall–Kier alpha value is -2.95. The number of nitrogens with one attached hydrogen (secondary N) is 1. The summed E-state index contributed by atoms with van der Waals surface area (Å²) in [6, 6.07) is 14.6. The maximum absolute atomic E-state index is 12.7. The van der Waals surface area contributed by atoms with E-state index in [1.165, 1.54) is 0 Å². The van der Waals surface area contributed by atoms with E-state index in [-0.39, 0.29) is 11.9 Å². The molecule has 0 aliphatic carbocycles. The molecule has 0 bridgehead atoms. The van der Waals surface area contributed by atoms with E-state index < -0.39 is 0 Å². The average Bonchev–Trinajstić information content (AvgIpc) is 3.08. The van der Waals surface area contributed by atoms with Gasteiger partial charge in [-0.25, -0.2) is 0 Å². The molecular weight excluding hydrogens is 330 g/mol. The number of hydrogen-bond acceptors (Lipinski definition) is 4. The smallest absolute Gasteiger partial charge is 0.255 e. The molecule has 1 unspecified atom stereocenters. The molecule has 0 fully saturated rings. The van der Waals surface area contributed by atoms with E-state index >= 15 is 0 Å². The molecule has 26 heavy (non-hydrogen) atoms. The van der Waals surface area contributed by atoms with Crippen molar-refractivity contribution in [3.63, 3.8) is 0 Å². The molecule has 0 saturated carbocycles. The first-order valence-electron chi connectivity index (χ1n) is 8.82. The van der Waals surface area contributed by atoms with Gasteiger partial charge in [-0.1, -0.05) is 24.3 Å². The molecule has 5 nitrogen and oxygen atoms in total. The van der Waals surface area contributed by atoms with Crippen LogP contribution in [0.25, 0.3) is 11.0 Å². The van der Waals surface area contributed by atoms with E-state index in [2.05, 4.69) is 5.32 Å². The van der Waals surface area contributed by atoms with E-state index in [1.54, 1.807) is 12.1 Å². The molecule has 0 radical (unpaired) electrons. The molecule has 0 spiro atoms. The Balaban J connectivity index is 1.82. The summed E-state index contributed by atoms with van der Waals surface area (Å²) in [4.78, 5) is 12.7. The summed E-state index contributed by atoms with van der Waals surface area (Å²) in [6.45, 7) is 6.78. The lowest BCUT2D eigenvalue weighted by atomic mass is 10.1. The number of carbonyl (C=O) groups excluding carboxylic acids is 1. The molecule has 1 heterocycles. The van der Waals surface area contributed by atoms with Crippen LogP contribution in [-0.4, -0.2) is 19.1 Å². The van der Waals surface area contributed by atoms with Gasteiger partial charge in [0.25, 0.3) is 5.91 Å². The van der Waals surface area contributed by atoms with Crippen molar-refractivity contribution in [2.45, 2.75) is 26.8 Å². The predicted octanol–water partition coefficient (Wildman–Crippen LogP) is 4.72. The van der Waals surface area contributed by atoms with Crippen LogP contribution in [0, 0.1) is 0 Å². The highest BCUT2D eigenvalue weighted by atomic mass is 16.5. The third-order valence-corrected chi connectivity index (χ3v) is 4.03. The fourth-order valence-corrected chi connectivity index (χ4v) is 2.82. The standard InChI is InChI=1S/C21H23NO4/c1-4-24-17-11-7-6-10-16(17)21(23)22-14(3)19-13-15-9-8-12-18(25-5-2)20(15)26-19/h6-14H,4-5H2,1-3H3,(H,22,23). The molecule has 3 rings (SSSR count). The van der Waals surface area contributed by atoms with Crippen molar-refractivity contribution in [3.05, 3.63) is 59.9 Å². The minimum absolute atomic E-state index is 0.202. The molecule has 1 amide bonds. The zero-order valence-electron chi connectivity index (χ0n) is 15.2. The highest BCUT2D eigenvalue weighted by Crippen LogP contribution is 2.31. The summed E-state index contributed by atoms with van der Waals surface area (Å²) >= 11 is 0. The molecule has 1 N–H and O–H groups in total. The van der Waals surface area contributed by atoms with Gasteiger partial charge < -0.3 is 19.2 Å². The van der Waals surface area contributed by atoms with Crippen LogP contribution >= 0.6 is 0 Å². The molecule has 2 aromatic carbocycles. The van der Waals surface area contributed by atoms with Gasteiger partial charge in [-0.2, -0.15) is 0 Å². The van der Waals surface area contributed by atoms with Gasteiger partial charge in [0.15, 0.2) is 11.3 Å². The SMILES string of the molecule is CCOc1ccccc1C(=O)NC(C)c1cc2cccc(OCC)c2o1. The Kier molecular flexibility index (Phi) is 5.46. The number of carbonyl (C=O) groups is 1. The van der Waals surface area contributed by atoms with Gasteiger partial charge in [0, 0.05) is 5.39 Å². The fourth-order valence-electron chi connectivity index (χ4n) is 2.82. The fraction of sp³-hybridized carbons (Fsp3) is 0.286. The molecule has 3 aromatic rings. The normalized spacial score (nSPS) is 12.0. The van der Waals surface area contributed by atoms with Crippen molar-refractivity contribution in [2.24, 2.45) is 0 Å². The lowest BCUT2D eigenvalue weighted by molar-refractivity contribution is 0.0932. The van der Waals surface area contributed by atoms with Crippen LogP contribution in [0.4, 0.5) is 0 Å². The summed E-state index contributed by atoms with van der Waals surface area (Å²) < 4.78 is 17.1. The highest BCUT2D eigenvalue weighted by molar-refractivity contribution is 5.97. The van der Waals surface area contributed by atoms with E-state index in [1.807, 2.05) is 57.2 Å². The molecule has 5 heteroatoms. The number of fused-ring (bicyclic) bond motifs is 1. The summed E-state index contributed by atoms with van der Waals surface area (Å²) in [5.41, 5.74) is 1.20. The van der Waals surface area contributed by atoms with E-state index in [0.29, 0.717) is 41.6 Å². The number of furan rings is 1. The number of amides is 1. The second-order valence-electron chi connectivity index (χ2n) is 5.88. The third kappa shape index (κ3) is 3.67. The monoisotopic (exact) mass is 353 g/mol. The predicted molar refractivity (Wildman–Crippen MR) is 101 cm³/mol. The van der Waals surface area contributed by atoms with Crippen molar-refractivity contribution in [3.8, 4) is 11.5 Å². The number of para-hydroxylation sites is 2. The first-order valence-corrected chi connectivity index (χ1v) is 8.82. The maximum Gasteiger partial charge on any atom is 0.255 e. The van der Waals surface area contributed by atoms with Crippen LogP contribution in [0.1, 0.15) is 42.9 Å². The van der Waals surface area contributed by atoms with E-state index in [4.69, 9.17) is 13.9 Å². The van der Waals surface area contributed by atoms with Crippen molar-refractivity contribution in [1.29, 1.82) is 0 Å². The molecule has 0 aliphatic rings. The van der Waals surface area contributed by atoms with Gasteiger partial charge in [0.05, 0.1) is 24.8 Å². The van der Waals surface area contributed by atoms with Crippen molar-refractivity contribution in [1.82, 2.24) is 5.32 Å². The quantitative estimate of drug-likeness (QED) is 0.667. The van der Waals surface area contributed by atoms with Crippen molar-refractivity contribution >= 4 is 16.9 Å². The number of hydrogen-bond donors (Lipinski definition) is 1. The van der Waals surface area contributed by atoms with Crippen molar-refractivity contribution < 1.29 is 18.7 Å².